The second kappa shape index (κ2) is 7.60. The van der Waals surface area contributed by atoms with Gasteiger partial charge < -0.3 is 0 Å². The van der Waals surface area contributed by atoms with Crippen LogP contribution in [0, 0.1) is 5.82 Å². The molecule has 0 radical (unpaired) electrons. The molecule has 0 spiro atoms. The van der Waals surface area contributed by atoms with Gasteiger partial charge in [0, 0.05) is 33.7 Å². The largest absolute Gasteiger partial charge is 0.256 e. The molecule has 0 bridgehead atoms. The van der Waals surface area contributed by atoms with E-state index in [1.165, 1.54) is 17.7 Å². The normalized spacial score (nSPS) is 11.2. The lowest BCUT2D eigenvalue weighted by atomic mass is 10.1. The minimum absolute atomic E-state index is 0.262. The Kier molecular flexibility index (Phi) is 4.66. The summed E-state index contributed by atoms with van der Waals surface area (Å²) in [5, 5.41) is 13.0. The van der Waals surface area contributed by atoms with Gasteiger partial charge in [-0.3, -0.25) is 4.98 Å². The first-order valence-electron chi connectivity index (χ1n) is 9.26. The van der Waals surface area contributed by atoms with Gasteiger partial charge in [-0.05, 0) is 35.9 Å². The number of nitrogens with zero attached hydrogens (tertiary/aromatic N) is 3. The molecule has 0 amide bonds. The number of hydrogen-bond donors (Lipinski definition) is 0. The summed E-state index contributed by atoms with van der Waals surface area (Å²) in [7, 11) is 0. The highest BCUT2D eigenvalue weighted by atomic mass is 32.2. The third-order valence-electron chi connectivity index (χ3n) is 4.85. The van der Waals surface area contributed by atoms with Crippen molar-refractivity contribution in [3.05, 3.63) is 96.4 Å². The van der Waals surface area contributed by atoms with Crippen LogP contribution < -0.4 is 0 Å². The Labute approximate surface area is 171 Å². The molecule has 0 saturated heterocycles. The van der Waals surface area contributed by atoms with Crippen LogP contribution in [0.1, 0.15) is 5.56 Å². The maximum atomic E-state index is 13.3. The highest BCUT2D eigenvalue weighted by Gasteiger charge is 2.12. The van der Waals surface area contributed by atoms with E-state index in [0.717, 1.165) is 43.7 Å². The van der Waals surface area contributed by atoms with E-state index in [9.17, 15) is 4.39 Å². The molecule has 0 atom stereocenters. The van der Waals surface area contributed by atoms with Crippen LogP contribution in [0.5, 0.6) is 0 Å². The standard InChI is InChI=1S/C24H16FN3S/c25-19-12-10-17(11-13-19)23-20-8-1-2-9-21(20)24(28-27-23)29-15-18-6-3-5-16-7-4-14-26-22(16)18/h1-14H,15H2. The number of pyridine rings is 1. The first-order chi connectivity index (χ1) is 14.3. The van der Waals surface area contributed by atoms with Crippen molar-refractivity contribution in [1.82, 2.24) is 15.2 Å². The zero-order chi connectivity index (χ0) is 19.6. The van der Waals surface area contributed by atoms with Gasteiger partial charge in [-0.15, -0.1) is 10.2 Å². The van der Waals surface area contributed by atoms with Crippen molar-refractivity contribution in [3.63, 3.8) is 0 Å². The van der Waals surface area contributed by atoms with Crippen LogP contribution in [-0.2, 0) is 5.75 Å². The summed E-state index contributed by atoms with van der Waals surface area (Å²) >= 11 is 1.65. The molecule has 2 heterocycles. The fraction of sp³-hybridized carbons (Fsp3) is 0.0417. The second-order valence-corrected chi connectivity index (χ2v) is 7.65. The lowest BCUT2D eigenvalue weighted by Gasteiger charge is -2.10. The minimum atomic E-state index is -0.262. The van der Waals surface area contributed by atoms with Crippen molar-refractivity contribution in [1.29, 1.82) is 0 Å². The van der Waals surface area contributed by atoms with E-state index in [1.807, 2.05) is 30.5 Å². The second-order valence-electron chi connectivity index (χ2n) is 6.69. The molecule has 0 fully saturated rings. The molecular weight excluding hydrogens is 381 g/mol. The summed E-state index contributed by atoms with van der Waals surface area (Å²) in [6, 6.07) is 24.7. The number of rotatable bonds is 4. The smallest absolute Gasteiger partial charge is 0.127 e. The molecule has 0 unspecified atom stereocenters. The summed E-state index contributed by atoms with van der Waals surface area (Å²) in [6.07, 6.45) is 1.82. The summed E-state index contributed by atoms with van der Waals surface area (Å²) in [6.45, 7) is 0. The fourth-order valence-electron chi connectivity index (χ4n) is 3.44. The molecule has 3 aromatic carbocycles. The monoisotopic (exact) mass is 397 g/mol. The lowest BCUT2D eigenvalue weighted by molar-refractivity contribution is 0.628. The highest BCUT2D eigenvalue weighted by Crippen LogP contribution is 2.33. The van der Waals surface area contributed by atoms with Crippen LogP contribution in [0.2, 0.25) is 0 Å². The average Bonchev–Trinajstić information content (AvgIpc) is 2.78. The Hall–Kier alpha value is -3.31. The zero-order valence-electron chi connectivity index (χ0n) is 15.4. The van der Waals surface area contributed by atoms with E-state index in [2.05, 4.69) is 45.5 Å². The van der Waals surface area contributed by atoms with Crippen molar-refractivity contribution in [2.24, 2.45) is 0 Å². The third kappa shape index (κ3) is 3.45. The number of benzene rings is 3. The Morgan fingerprint density at radius 3 is 2.41 bits per heavy atom. The van der Waals surface area contributed by atoms with E-state index >= 15 is 0 Å². The van der Waals surface area contributed by atoms with Crippen LogP contribution in [0.4, 0.5) is 4.39 Å². The molecule has 0 saturated carbocycles. The molecule has 0 aliphatic heterocycles. The summed E-state index contributed by atoms with van der Waals surface area (Å²) < 4.78 is 13.3. The number of halogens is 1. The topological polar surface area (TPSA) is 38.7 Å². The molecule has 0 N–H and O–H groups in total. The first-order valence-corrected chi connectivity index (χ1v) is 10.2. The van der Waals surface area contributed by atoms with E-state index in [4.69, 9.17) is 0 Å². The molecule has 140 valence electrons. The Morgan fingerprint density at radius 2 is 1.55 bits per heavy atom. The average molecular weight is 397 g/mol. The molecule has 0 aliphatic carbocycles. The SMILES string of the molecule is Fc1ccc(-c2nnc(SCc3cccc4cccnc34)c3ccccc23)cc1. The molecular formula is C24H16FN3S. The van der Waals surface area contributed by atoms with E-state index in [-0.39, 0.29) is 5.82 Å². The van der Waals surface area contributed by atoms with Gasteiger partial charge in [-0.2, -0.15) is 0 Å². The fourth-order valence-corrected chi connectivity index (χ4v) is 4.39. The number of para-hydroxylation sites is 1. The van der Waals surface area contributed by atoms with Gasteiger partial charge in [-0.25, -0.2) is 4.39 Å². The van der Waals surface area contributed by atoms with E-state index in [1.54, 1.807) is 23.9 Å². The van der Waals surface area contributed by atoms with Crippen LogP contribution in [-0.4, -0.2) is 15.2 Å². The molecule has 5 aromatic rings. The predicted octanol–water partition coefficient (Wildman–Crippen LogP) is 6.28. The number of fused-ring (bicyclic) bond motifs is 2. The lowest BCUT2D eigenvalue weighted by Crippen LogP contribution is -1.94. The van der Waals surface area contributed by atoms with E-state index in [0.29, 0.717) is 0 Å². The molecule has 2 aromatic heterocycles. The summed E-state index contributed by atoms with van der Waals surface area (Å²) in [5.74, 6) is 0.491. The quantitative estimate of drug-likeness (QED) is 0.335. The zero-order valence-corrected chi connectivity index (χ0v) is 16.2. The molecule has 0 aliphatic rings. The van der Waals surface area contributed by atoms with Crippen LogP contribution in [0.3, 0.4) is 0 Å². The summed E-state index contributed by atoms with van der Waals surface area (Å²) in [5.41, 5.74) is 3.80. The summed E-state index contributed by atoms with van der Waals surface area (Å²) in [4.78, 5) is 4.54. The molecule has 5 heteroatoms. The minimum Gasteiger partial charge on any atom is -0.256 e. The Balaban J connectivity index is 1.53. The van der Waals surface area contributed by atoms with Crippen LogP contribution in [0.25, 0.3) is 32.9 Å². The van der Waals surface area contributed by atoms with Crippen molar-refractivity contribution in [3.8, 4) is 11.3 Å². The molecule has 29 heavy (non-hydrogen) atoms. The van der Waals surface area contributed by atoms with Crippen molar-refractivity contribution >= 4 is 33.4 Å². The predicted molar refractivity (Wildman–Crippen MR) is 116 cm³/mol. The van der Waals surface area contributed by atoms with Gasteiger partial charge in [0.15, 0.2) is 0 Å². The molecule has 5 rings (SSSR count). The van der Waals surface area contributed by atoms with Gasteiger partial charge in [0.2, 0.25) is 0 Å². The van der Waals surface area contributed by atoms with Crippen molar-refractivity contribution in [2.75, 3.05) is 0 Å². The Morgan fingerprint density at radius 1 is 0.759 bits per heavy atom. The molecule has 3 nitrogen and oxygen atoms in total. The number of hydrogen-bond acceptors (Lipinski definition) is 4. The van der Waals surface area contributed by atoms with Crippen LogP contribution >= 0.6 is 11.8 Å². The first kappa shape index (κ1) is 17.8. The van der Waals surface area contributed by atoms with Crippen LogP contribution in [0.15, 0.2) is 90.1 Å². The van der Waals surface area contributed by atoms with Gasteiger partial charge in [0.25, 0.3) is 0 Å². The highest BCUT2D eigenvalue weighted by molar-refractivity contribution is 7.98. The Bertz CT molecular complexity index is 1310. The number of aromatic nitrogens is 3. The van der Waals surface area contributed by atoms with Gasteiger partial charge >= 0.3 is 0 Å². The van der Waals surface area contributed by atoms with Gasteiger partial charge in [-0.1, -0.05) is 60.3 Å². The van der Waals surface area contributed by atoms with Crippen molar-refractivity contribution in [2.45, 2.75) is 10.8 Å². The maximum Gasteiger partial charge on any atom is 0.127 e. The number of thioether (sulfide) groups is 1. The van der Waals surface area contributed by atoms with Gasteiger partial charge in [0.05, 0.1) is 5.52 Å². The van der Waals surface area contributed by atoms with Crippen molar-refractivity contribution < 1.29 is 4.39 Å². The van der Waals surface area contributed by atoms with Gasteiger partial charge in [0.1, 0.15) is 16.5 Å². The third-order valence-corrected chi connectivity index (χ3v) is 5.88. The van der Waals surface area contributed by atoms with E-state index < -0.39 is 0 Å². The maximum absolute atomic E-state index is 13.3.